The molecular formula is C37H43N5O5. The molecule has 10 heteroatoms. The third kappa shape index (κ3) is 7.32. The molecule has 1 aliphatic rings. The van der Waals surface area contributed by atoms with E-state index < -0.39 is 17.1 Å². The number of aromatic nitrogens is 1. The second kappa shape index (κ2) is 13.7. The Kier molecular flexibility index (Phi) is 9.69. The van der Waals surface area contributed by atoms with Gasteiger partial charge in [-0.25, -0.2) is 4.98 Å². The number of carbonyl (C=O) groups is 3. The number of carbonyl (C=O) groups excluding carboxylic acids is 3. The van der Waals surface area contributed by atoms with Gasteiger partial charge < -0.3 is 30.3 Å². The zero-order valence-electron chi connectivity index (χ0n) is 28.1. The van der Waals surface area contributed by atoms with Crippen molar-refractivity contribution in [3.05, 3.63) is 77.5 Å². The summed E-state index contributed by atoms with van der Waals surface area (Å²) in [6.45, 7) is 10.2. The molecule has 1 aliphatic carbocycles. The molecule has 47 heavy (non-hydrogen) atoms. The number of anilines is 4. The second-order valence-corrected chi connectivity index (χ2v) is 12.8. The van der Waals surface area contributed by atoms with Gasteiger partial charge in [-0.15, -0.1) is 0 Å². The van der Waals surface area contributed by atoms with E-state index in [2.05, 4.69) is 20.9 Å². The maximum atomic E-state index is 13.9. The monoisotopic (exact) mass is 637 g/mol. The summed E-state index contributed by atoms with van der Waals surface area (Å²) in [5.41, 5.74) is 2.53. The number of ketones is 1. The molecule has 0 spiro atoms. The molecule has 1 heterocycles. The maximum Gasteiger partial charge on any atom is 0.296 e. The van der Waals surface area contributed by atoms with Crippen molar-refractivity contribution in [1.29, 1.82) is 0 Å². The van der Waals surface area contributed by atoms with E-state index in [1.165, 1.54) is 0 Å². The third-order valence-electron chi connectivity index (χ3n) is 7.87. The fourth-order valence-electron chi connectivity index (χ4n) is 5.36. The molecule has 3 N–H and O–H groups in total. The number of rotatable bonds is 12. The van der Waals surface area contributed by atoms with Gasteiger partial charge in [0.2, 0.25) is 0 Å². The lowest BCUT2D eigenvalue weighted by molar-refractivity contribution is -0.112. The van der Waals surface area contributed by atoms with Crippen molar-refractivity contribution in [2.24, 2.45) is 0 Å². The SMILES string of the molecule is CCOc1c(C(=O)NC2CC2)cc(C(C)(C)C)c(OCC)c1NC(=O)C(=O)c1ccc(Nc2ccnc(N(C)C)c2)c2ccccc12. The molecule has 246 valence electrons. The number of hydrogen-bond acceptors (Lipinski definition) is 8. The highest BCUT2D eigenvalue weighted by Gasteiger charge is 2.33. The largest absolute Gasteiger partial charge is 0.491 e. The van der Waals surface area contributed by atoms with Gasteiger partial charge in [-0.2, -0.15) is 0 Å². The lowest BCUT2D eigenvalue weighted by Crippen LogP contribution is -2.29. The average Bonchev–Trinajstić information content (AvgIpc) is 3.86. The summed E-state index contributed by atoms with van der Waals surface area (Å²) in [4.78, 5) is 47.6. The number of ether oxygens (including phenoxy) is 2. The summed E-state index contributed by atoms with van der Waals surface area (Å²) in [6.07, 6.45) is 3.56. The van der Waals surface area contributed by atoms with Crippen molar-refractivity contribution in [3.8, 4) is 11.5 Å². The Morgan fingerprint density at radius 3 is 2.21 bits per heavy atom. The zero-order chi connectivity index (χ0) is 33.9. The lowest BCUT2D eigenvalue weighted by Gasteiger charge is -2.28. The Morgan fingerprint density at radius 2 is 1.57 bits per heavy atom. The predicted molar refractivity (Wildman–Crippen MR) is 187 cm³/mol. The van der Waals surface area contributed by atoms with Crippen LogP contribution in [0.3, 0.4) is 0 Å². The number of pyridine rings is 1. The molecule has 2 amide bonds. The summed E-state index contributed by atoms with van der Waals surface area (Å²) in [6, 6.07) is 16.5. The van der Waals surface area contributed by atoms with Crippen LogP contribution in [0.4, 0.5) is 22.9 Å². The van der Waals surface area contributed by atoms with E-state index in [-0.39, 0.29) is 41.1 Å². The van der Waals surface area contributed by atoms with Gasteiger partial charge in [0.1, 0.15) is 17.3 Å². The minimum absolute atomic E-state index is 0.112. The summed E-state index contributed by atoms with van der Waals surface area (Å²) >= 11 is 0. The number of benzene rings is 3. The van der Waals surface area contributed by atoms with Gasteiger partial charge in [0.15, 0.2) is 5.75 Å². The van der Waals surface area contributed by atoms with Gasteiger partial charge in [0.25, 0.3) is 17.6 Å². The van der Waals surface area contributed by atoms with Crippen molar-refractivity contribution in [3.63, 3.8) is 0 Å². The fraction of sp³-hybridized carbons (Fsp3) is 0.351. The van der Waals surface area contributed by atoms with Crippen LogP contribution in [0, 0.1) is 0 Å². The molecule has 10 nitrogen and oxygen atoms in total. The van der Waals surface area contributed by atoms with Crippen LogP contribution >= 0.6 is 0 Å². The zero-order valence-corrected chi connectivity index (χ0v) is 28.1. The van der Waals surface area contributed by atoms with E-state index >= 15 is 0 Å². The van der Waals surface area contributed by atoms with Crippen LogP contribution in [0.25, 0.3) is 10.8 Å². The molecule has 1 saturated carbocycles. The van der Waals surface area contributed by atoms with Crippen molar-refractivity contribution < 1.29 is 23.9 Å². The van der Waals surface area contributed by atoms with Crippen LogP contribution < -0.4 is 30.3 Å². The first-order valence-corrected chi connectivity index (χ1v) is 16.0. The molecule has 1 aromatic heterocycles. The number of nitrogens with zero attached hydrogens (tertiary/aromatic N) is 2. The minimum Gasteiger partial charge on any atom is -0.491 e. The number of fused-ring (bicyclic) bond motifs is 1. The molecule has 0 radical (unpaired) electrons. The molecule has 0 atom stereocenters. The Balaban J connectivity index is 1.55. The van der Waals surface area contributed by atoms with Crippen LogP contribution in [-0.2, 0) is 10.2 Å². The highest BCUT2D eigenvalue weighted by Crippen LogP contribution is 2.46. The highest BCUT2D eigenvalue weighted by molar-refractivity contribution is 6.48. The quantitative estimate of drug-likeness (QED) is 0.114. The fourth-order valence-corrected chi connectivity index (χ4v) is 5.36. The first-order valence-electron chi connectivity index (χ1n) is 16.0. The van der Waals surface area contributed by atoms with E-state index in [0.29, 0.717) is 23.3 Å². The molecule has 0 bridgehead atoms. The Labute approximate surface area is 275 Å². The van der Waals surface area contributed by atoms with Gasteiger partial charge in [-0.1, -0.05) is 45.0 Å². The summed E-state index contributed by atoms with van der Waals surface area (Å²) < 4.78 is 12.1. The Hall–Kier alpha value is -5.12. The summed E-state index contributed by atoms with van der Waals surface area (Å²) in [5.74, 6) is -0.575. The number of amides is 2. The van der Waals surface area contributed by atoms with Crippen LogP contribution in [0.1, 0.15) is 73.7 Å². The van der Waals surface area contributed by atoms with Gasteiger partial charge >= 0.3 is 0 Å². The van der Waals surface area contributed by atoms with Crippen molar-refractivity contribution in [2.75, 3.05) is 42.8 Å². The van der Waals surface area contributed by atoms with Gasteiger partial charge in [0.05, 0.1) is 18.8 Å². The van der Waals surface area contributed by atoms with E-state index in [9.17, 15) is 14.4 Å². The molecule has 3 aromatic carbocycles. The molecule has 0 aliphatic heterocycles. The van der Waals surface area contributed by atoms with Crippen LogP contribution in [0.5, 0.6) is 11.5 Å². The number of hydrogen-bond donors (Lipinski definition) is 3. The molecule has 0 unspecified atom stereocenters. The van der Waals surface area contributed by atoms with E-state index in [1.54, 1.807) is 31.3 Å². The van der Waals surface area contributed by atoms with Crippen molar-refractivity contribution >= 4 is 51.3 Å². The van der Waals surface area contributed by atoms with Crippen molar-refractivity contribution in [2.45, 2.75) is 58.9 Å². The van der Waals surface area contributed by atoms with Gasteiger partial charge in [-0.05, 0) is 61.8 Å². The molecule has 0 saturated heterocycles. The van der Waals surface area contributed by atoms with Crippen LogP contribution in [-0.4, -0.2) is 55.9 Å². The standard InChI is InChI=1S/C37H43N5O5/c1-8-46-33-27(35(44)40-22-14-15-22)21-28(37(3,4)5)34(47-9-2)31(33)41-36(45)32(43)26-16-17-29(25-13-11-10-12-24(25)26)39-23-18-19-38-30(20-23)42(6)7/h10-13,16-22H,8-9,14-15H2,1-7H3,(H,38,39)(H,40,44)(H,41,45). The highest BCUT2D eigenvalue weighted by atomic mass is 16.5. The smallest absolute Gasteiger partial charge is 0.296 e. The summed E-state index contributed by atoms with van der Waals surface area (Å²) in [7, 11) is 3.84. The molecule has 4 aromatic rings. The topological polar surface area (TPSA) is 122 Å². The van der Waals surface area contributed by atoms with E-state index in [1.807, 2.05) is 83.1 Å². The van der Waals surface area contributed by atoms with Crippen molar-refractivity contribution in [1.82, 2.24) is 10.3 Å². The average molecular weight is 638 g/mol. The predicted octanol–water partition coefficient (Wildman–Crippen LogP) is 6.85. The third-order valence-corrected chi connectivity index (χ3v) is 7.87. The second-order valence-electron chi connectivity index (χ2n) is 12.8. The molecular weight excluding hydrogens is 594 g/mol. The first kappa shape index (κ1) is 33.2. The van der Waals surface area contributed by atoms with Crippen LogP contribution in [0.2, 0.25) is 0 Å². The van der Waals surface area contributed by atoms with Gasteiger partial charge in [0, 0.05) is 60.3 Å². The van der Waals surface area contributed by atoms with Gasteiger partial charge in [-0.3, -0.25) is 14.4 Å². The maximum absolute atomic E-state index is 13.9. The molecule has 5 rings (SSSR count). The minimum atomic E-state index is -0.873. The van der Waals surface area contributed by atoms with Crippen LogP contribution in [0.15, 0.2) is 60.8 Å². The summed E-state index contributed by atoms with van der Waals surface area (Å²) in [5, 5.41) is 10.7. The van der Waals surface area contributed by atoms with E-state index in [0.717, 1.165) is 35.4 Å². The lowest BCUT2D eigenvalue weighted by atomic mass is 9.84. The first-order chi connectivity index (χ1) is 22.4. The number of nitrogens with one attached hydrogen (secondary N) is 3. The van der Waals surface area contributed by atoms with E-state index in [4.69, 9.17) is 9.47 Å². The number of Topliss-reactive ketones (excluding diaryl/α,β-unsaturated/α-hetero) is 1. The Morgan fingerprint density at radius 1 is 0.894 bits per heavy atom. The normalized spacial score (nSPS) is 12.7. The Bertz CT molecular complexity index is 1820. The molecule has 1 fully saturated rings.